The Labute approximate surface area is 115 Å². The van der Waals surface area contributed by atoms with Crippen molar-refractivity contribution < 1.29 is 8.42 Å². The van der Waals surface area contributed by atoms with E-state index >= 15 is 0 Å². The molecule has 19 heavy (non-hydrogen) atoms. The summed E-state index contributed by atoms with van der Waals surface area (Å²) in [6, 6.07) is 9.97. The van der Waals surface area contributed by atoms with Gasteiger partial charge >= 0.3 is 0 Å². The molecule has 0 bridgehead atoms. The lowest BCUT2D eigenvalue weighted by molar-refractivity contribution is 0.601. The van der Waals surface area contributed by atoms with E-state index < -0.39 is 10.0 Å². The molecule has 8 heteroatoms. The van der Waals surface area contributed by atoms with Crippen LogP contribution in [0.4, 0.5) is 11.8 Å². The first-order chi connectivity index (χ1) is 9.01. The summed E-state index contributed by atoms with van der Waals surface area (Å²) in [5.41, 5.74) is 0. The number of benzene rings is 1. The van der Waals surface area contributed by atoms with E-state index in [1.165, 1.54) is 30.3 Å². The number of sulfonamides is 1. The zero-order valence-electron chi connectivity index (χ0n) is 9.88. The van der Waals surface area contributed by atoms with Crippen molar-refractivity contribution in [3.05, 3.63) is 41.6 Å². The Balaban J connectivity index is 2.33. The zero-order valence-corrected chi connectivity index (χ0v) is 11.5. The number of nitrogens with zero attached hydrogens (tertiary/aromatic N) is 2. The fourth-order valence-electron chi connectivity index (χ4n) is 1.33. The summed E-state index contributed by atoms with van der Waals surface area (Å²) in [7, 11) is -2.09. The molecule has 2 rings (SSSR count). The second kappa shape index (κ2) is 5.41. The average Bonchev–Trinajstić information content (AvgIpc) is 2.38. The van der Waals surface area contributed by atoms with E-state index in [-0.39, 0.29) is 21.8 Å². The molecule has 2 aromatic rings. The van der Waals surface area contributed by atoms with E-state index in [1.54, 1.807) is 7.05 Å². The highest BCUT2D eigenvalue weighted by atomic mass is 35.5. The van der Waals surface area contributed by atoms with Crippen molar-refractivity contribution in [2.45, 2.75) is 4.90 Å². The molecule has 0 aliphatic carbocycles. The molecule has 0 atom stereocenters. The van der Waals surface area contributed by atoms with E-state index in [9.17, 15) is 8.42 Å². The molecule has 1 heterocycles. The lowest BCUT2D eigenvalue weighted by Crippen LogP contribution is -2.14. The Morgan fingerprint density at radius 1 is 1.26 bits per heavy atom. The van der Waals surface area contributed by atoms with Gasteiger partial charge in [-0.15, -0.1) is 0 Å². The summed E-state index contributed by atoms with van der Waals surface area (Å²) in [6.07, 6.45) is 0. The van der Waals surface area contributed by atoms with Crippen LogP contribution in [0.15, 0.2) is 35.2 Å². The van der Waals surface area contributed by atoms with E-state index in [1.807, 2.05) is 0 Å². The summed E-state index contributed by atoms with van der Waals surface area (Å²) < 4.78 is 26.5. The van der Waals surface area contributed by atoms with Gasteiger partial charge in [-0.25, -0.2) is 13.4 Å². The highest BCUT2D eigenvalue weighted by Crippen LogP contribution is 2.18. The maximum Gasteiger partial charge on any atom is 0.263 e. The van der Waals surface area contributed by atoms with Crippen LogP contribution in [0, 0.1) is 6.07 Å². The van der Waals surface area contributed by atoms with Gasteiger partial charge in [-0.1, -0.05) is 23.7 Å². The SMILES string of the molecule is CNc1nc(Cl)cc(NS(=O)(=O)c2cc[c]cc2)n1. The van der Waals surface area contributed by atoms with Crippen LogP contribution < -0.4 is 10.0 Å². The van der Waals surface area contributed by atoms with Crippen LogP contribution >= 0.6 is 11.6 Å². The van der Waals surface area contributed by atoms with E-state index in [0.717, 1.165) is 0 Å². The molecule has 1 aromatic heterocycles. The van der Waals surface area contributed by atoms with Crippen LogP contribution in [0.5, 0.6) is 0 Å². The van der Waals surface area contributed by atoms with Crippen molar-refractivity contribution in [3.63, 3.8) is 0 Å². The molecular weight excluding hydrogens is 288 g/mol. The Morgan fingerprint density at radius 3 is 2.58 bits per heavy atom. The van der Waals surface area contributed by atoms with Crippen molar-refractivity contribution in [2.75, 3.05) is 17.1 Å². The number of nitrogens with one attached hydrogen (secondary N) is 2. The first-order valence-corrected chi connectivity index (χ1v) is 7.08. The third kappa shape index (κ3) is 3.33. The fourth-order valence-corrected chi connectivity index (χ4v) is 2.50. The predicted octanol–water partition coefficient (Wildman–Crippen LogP) is 1.77. The van der Waals surface area contributed by atoms with Crippen molar-refractivity contribution in [1.29, 1.82) is 0 Å². The average molecular weight is 298 g/mol. The highest BCUT2D eigenvalue weighted by Gasteiger charge is 2.15. The van der Waals surface area contributed by atoms with Crippen LogP contribution in [0.2, 0.25) is 5.15 Å². The minimum Gasteiger partial charge on any atom is -0.357 e. The highest BCUT2D eigenvalue weighted by molar-refractivity contribution is 7.92. The molecule has 0 aliphatic rings. The summed E-state index contributed by atoms with van der Waals surface area (Å²) in [6.45, 7) is 0. The fraction of sp³-hybridized carbons (Fsp3) is 0.0909. The Hall–Kier alpha value is -1.86. The van der Waals surface area contributed by atoms with Gasteiger partial charge in [0.05, 0.1) is 4.90 Å². The van der Waals surface area contributed by atoms with Gasteiger partial charge in [-0.2, -0.15) is 4.98 Å². The molecule has 0 spiro atoms. The maximum absolute atomic E-state index is 12.1. The maximum atomic E-state index is 12.1. The Kier molecular flexibility index (Phi) is 3.87. The quantitative estimate of drug-likeness (QED) is 0.840. The number of hydrogen-bond donors (Lipinski definition) is 2. The first-order valence-electron chi connectivity index (χ1n) is 5.22. The van der Waals surface area contributed by atoms with Gasteiger partial charge < -0.3 is 5.32 Å². The third-order valence-corrected chi connectivity index (χ3v) is 3.72. The van der Waals surface area contributed by atoms with Crippen molar-refractivity contribution in [2.24, 2.45) is 0 Å². The van der Waals surface area contributed by atoms with Crippen molar-refractivity contribution >= 4 is 33.4 Å². The second-order valence-electron chi connectivity index (χ2n) is 3.49. The van der Waals surface area contributed by atoms with E-state index in [4.69, 9.17) is 11.6 Å². The number of anilines is 2. The number of halogens is 1. The molecule has 99 valence electrons. The Morgan fingerprint density at radius 2 is 1.95 bits per heavy atom. The molecule has 0 amide bonds. The largest absolute Gasteiger partial charge is 0.357 e. The minimum absolute atomic E-state index is 0.0946. The molecule has 1 aromatic carbocycles. The molecular formula is C11H10ClN4O2S. The molecule has 0 unspecified atom stereocenters. The van der Waals surface area contributed by atoms with E-state index in [2.05, 4.69) is 26.1 Å². The number of aromatic nitrogens is 2. The molecule has 1 radical (unpaired) electrons. The lowest BCUT2D eigenvalue weighted by Gasteiger charge is -2.08. The van der Waals surface area contributed by atoms with Gasteiger partial charge in [0.15, 0.2) is 0 Å². The van der Waals surface area contributed by atoms with Gasteiger partial charge in [0.1, 0.15) is 11.0 Å². The second-order valence-corrected chi connectivity index (χ2v) is 5.56. The monoisotopic (exact) mass is 297 g/mol. The first kappa shape index (κ1) is 13.6. The molecule has 0 fully saturated rings. The molecule has 0 saturated carbocycles. The minimum atomic E-state index is -3.70. The Bertz CT molecular complexity index is 676. The van der Waals surface area contributed by atoms with Gasteiger partial charge in [-0.05, 0) is 18.2 Å². The van der Waals surface area contributed by atoms with Crippen LogP contribution in [0.1, 0.15) is 0 Å². The van der Waals surface area contributed by atoms with Crippen molar-refractivity contribution in [1.82, 2.24) is 9.97 Å². The third-order valence-electron chi connectivity index (χ3n) is 2.16. The molecule has 6 nitrogen and oxygen atoms in total. The standard InChI is InChI=1S/C11H10ClN4O2S/c1-13-11-14-9(12)7-10(15-11)16-19(17,18)8-5-3-2-4-6-8/h3-7H,1H3,(H2,13,14,15,16). The van der Waals surface area contributed by atoms with Crippen LogP contribution in [0.3, 0.4) is 0 Å². The molecule has 0 saturated heterocycles. The normalized spacial score (nSPS) is 11.1. The van der Waals surface area contributed by atoms with Gasteiger partial charge in [0, 0.05) is 13.1 Å². The topological polar surface area (TPSA) is 84.0 Å². The van der Waals surface area contributed by atoms with Gasteiger partial charge in [0.2, 0.25) is 5.95 Å². The van der Waals surface area contributed by atoms with E-state index in [0.29, 0.717) is 0 Å². The number of hydrogen-bond acceptors (Lipinski definition) is 5. The van der Waals surface area contributed by atoms with Gasteiger partial charge in [-0.3, -0.25) is 4.72 Å². The lowest BCUT2D eigenvalue weighted by atomic mass is 10.4. The smallest absolute Gasteiger partial charge is 0.263 e. The summed E-state index contributed by atoms with van der Waals surface area (Å²) in [4.78, 5) is 7.93. The summed E-state index contributed by atoms with van der Waals surface area (Å²) in [5, 5.41) is 2.82. The number of rotatable bonds is 4. The van der Waals surface area contributed by atoms with Crippen LogP contribution in [-0.4, -0.2) is 25.4 Å². The predicted molar refractivity (Wildman–Crippen MR) is 72.7 cm³/mol. The zero-order chi connectivity index (χ0) is 13.9. The summed E-state index contributed by atoms with van der Waals surface area (Å²) in [5.74, 6) is 0.323. The molecule has 0 aliphatic heterocycles. The molecule has 2 N–H and O–H groups in total. The van der Waals surface area contributed by atoms with Crippen LogP contribution in [0.25, 0.3) is 0 Å². The van der Waals surface area contributed by atoms with Gasteiger partial charge in [0.25, 0.3) is 10.0 Å². The summed E-state index contributed by atoms with van der Waals surface area (Å²) >= 11 is 5.77. The van der Waals surface area contributed by atoms with Crippen molar-refractivity contribution in [3.8, 4) is 0 Å². The van der Waals surface area contributed by atoms with Crippen LogP contribution in [-0.2, 0) is 10.0 Å².